The average molecular weight is 258 g/mol. The molecule has 1 N–H and O–H groups in total. The molecule has 0 spiro atoms. The molecule has 0 unspecified atom stereocenters. The van der Waals surface area contributed by atoms with E-state index < -0.39 is 0 Å². The highest BCUT2D eigenvalue weighted by Crippen LogP contribution is 2.26. The summed E-state index contributed by atoms with van der Waals surface area (Å²) in [5.41, 5.74) is 1.87. The van der Waals surface area contributed by atoms with Crippen molar-refractivity contribution in [2.45, 2.75) is 32.0 Å². The third-order valence-corrected chi connectivity index (χ3v) is 3.81. The first kappa shape index (κ1) is 12.2. The van der Waals surface area contributed by atoms with Gasteiger partial charge in [0.1, 0.15) is 6.54 Å². The Kier molecular flexibility index (Phi) is 3.03. The predicted molar refractivity (Wildman–Crippen MR) is 73.7 cm³/mol. The van der Waals surface area contributed by atoms with Crippen molar-refractivity contribution in [1.29, 1.82) is 0 Å². The summed E-state index contributed by atoms with van der Waals surface area (Å²) < 4.78 is 1.95. The van der Waals surface area contributed by atoms with Crippen LogP contribution in [0, 0.1) is 0 Å². The molecule has 0 aliphatic heterocycles. The van der Waals surface area contributed by atoms with Gasteiger partial charge in [-0.1, -0.05) is 12.1 Å². The van der Waals surface area contributed by atoms with E-state index in [0.717, 1.165) is 29.3 Å². The molecule has 1 amide bonds. The van der Waals surface area contributed by atoms with E-state index in [-0.39, 0.29) is 12.5 Å². The fraction of sp³-hybridized carbons (Fsp3) is 0.400. The Balaban J connectivity index is 1.85. The predicted octanol–water partition coefficient (Wildman–Crippen LogP) is 1.75. The molecule has 1 saturated carbocycles. The lowest BCUT2D eigenvalue weighted by atomic mass is 10.2. The quantitative estimate of drug-likeness (QED) is 0.908. The zero-order valence-corrected chi connectivity index (χ0v) is 11.0. The van der Waals surface area contributed by atoms with Crippen molar-refractivity contribution >= 4 is 16.8 Å². The van der Waals surface area contributed by atoms with E-state index in [1.165, 1.54) is 0 Å². The Hall–Kier alpha value is -1.81. The second-order valence-corrected chi connectivity index (χ2v) is 5.23. The van der Waals surface area contributed by atoms with Crippen LogP contribution in [0.25, 0.3) is 10.9 Å². The van der Waals surface area contributed by atoms with Gasteiger partial charge in [-0.25, -0.2) is 0 Å². The van der Waals surface area contributed by atoms with Crippen molar-refractivity contribution in [3.63, 3.8) is 0 Å². The van der Waals surface area contributed by atoms with Crippen molar-refractivity contribution in [3.05, 3.63) is 36.0 Å². The minimum Gasteiger partial charge on any atom is -0.392 e. The Morgan fingerprint density at radius 2 is 2.21 bits per heavy atom. The van der Waals surface area contributed by atoms with Gasteiger partial charge in [0.25, 0.3) is 0 Å². The number of amides is 1. The third-order valence-electron chi connectivity index (χ3n) is 3.81. The highest BCUT2D eigenvalue weighted by Gasteiger charge is 2.29. The van der Waals surface area contributed by atoms with Gasteiger partial charge in [-0.05, 0) is 35.9 Å². The number of nitrogens with zero attached hydrogens (tertiary/aromatic N) is 2. The maximum Gasteiger partial charge on any atom is 0.242 e. The summed E-state index contributed by atoms with van der Waals surface area (Å²) in [6, 6.07) is 8.28. The molecule has 1 aliphatic carbocycles. The lowest BCUT2D eigenvalue weighted by Gasteiger charge is -2.17. The summed E-state index contributed by atoms with van der Waals surface area (Å²) in [4.78, 5) is 14.0. The molecule has 0 saturated heterocycles. The number of aromatic nitrogens is 1. The van der Waals surface area contributed by atoms with Crippen LogP contribution in [0.5, 0.6) is 0 Å². The zero-order chi connectivity index (χ0) is 13.4. The van der Waals surface area contributed by atoms with E-state index >= 15 is 0 Å². The number of aliphatic hydroxyl groups excluding tert-OH is 1. The summed E-state index contributed by atoms with van der Waals surface area (Å²) in [6.45, 7) is 0.391. The first-order valence-corrected chi connectivity index (χ1v) is 6.63. The Bertz CT molecular complexity index is 614. The fourth-order valence-electron chi connectivity index (χ4n) is 2.39. The summed E-state index contributed by atoms with van der Waals surface area (Å²) in [5.74, 6) is 0.148. The monoisotopic (exact) mass is 258 g/mol. The van der Waals surface area contributed by atoms with Crippen LogP contribution in [0.15, 0.2) is 30.5 Å². The third kappa shape index (κ3) is 2.36. The maximum atomic E-state index is 12.1. The van der Waals surface area contributed by atoms with Crippen molar-refractivity contribution in [2.24, 2.45) is 0 Å². The minimum absolute atomic E-state index is 0.0248. The molecular formula is C15H18N2O2. The van der Waals surface area contributed by atoms with E-state index in [2.05, 4.69) is 0 Å². The molecule has 1 aliphatic rings. The van der Waals surface area contributed by atoms with Gasteiger partial charge in [-0.2, -0.15) is 0 Å². The maximum absolute atomic E-state index is 12.1. The number of hydrogen-bond acceptors (Lipinski definition) is 2. The second-order valence-electron chi connectivity index (χ2n) is 5.23. The van der Waals surface area contributed by atoms with Gasteiger partial charge in [0.05, 0.1) is 6.61 Å². The van der Waals surface area contributed by atoms with Crippen molar-refractivity contribution < 1.29 is 9.90 Å². The lowest BCUT2D eigenvalue weighted by molar-refractivity contribution is -0.130. The van der Waals surface area contributed by atoms with Gasteiger partial charge in [0.2, 0.25) is 5.91 Å². The number of carbonyl (C=O) groups excluding carboxylic acids is 1. The van der Waals surface area contributed by atoms with E-state index in [4.69, 9.17) is 0 Å². The molecule has 0 bridgehead atoms. The van der Waals surface area contributed by atoms with Crippen molar-refractivity contribution in [3.8, 4) is 0 Å². The van der Waals surface area contributed by atoms with Gasteiger partial charge in [0.15, 0.2) is 0 Å². The van der Waals surface area contributed by atoms with E-state index in [9.17, 15) is 9.90 Å². The number of carbonyl (C=O) groups is 1. The highest BCUT2D eigenvalue weighted by atomic mass is 16.3. The molecule has 19 heavy (non-hydrogen) atoms. The number of likely N-dealkylation sites (N-methyl/N-ethyl adjacent to an activating group) is 1. The van der Waals surface area contributed by atoms with E-state index in [0.29, 0.717) is 12.6 Å². The molecule has 1 aromatic heterocycles. The molecular weight excluding hydrogens is 240 g/mol. The molecule has 4 nitrogen and oxygen atoms in total. The topological polar surface area (TPSA) is 45.5 Å². The molecule has 100 valence electrons. The van der Waals surface area contributed by atoms with E-state index in [1.54, 1.807) is 0 Å². The van der Waals surface area contributed by atoms with Crippen molar-refractivity contribution in [2.75, 3.05) is 7.05 Å². The molecule has 1 aromatic carbocycles. The van der Waals surface area contributed by atoms with Crippen LogP contribution in [0.2, 0.25) is 0 Å². The number of fused-ring (bicyclic) bond motifs is 1. The smallest absolute Gasteiger partial charge is 0.242 e. The summed E-state index contributed by atoms with van der Waals surface area (Å²) in [6.07, 6.45) is 4.19. The second kappa shape index (κ2) is 4.70. The Labute approximate surface area is 112 Å². The average Bonchev–Trinajstić information content (AvgIpc) is 3.21. The van der Waals surface area contributed by atoms with E-state index in [1.807, 2.05) is 47.0 Å². The number of aliphatic hydroxyl groups is 1. The number of benzene rings is 1. The van der Waals surface area contributed by atoms with Crippen molar-refractivity contribution in [1.82, 2.24) is 9.47 Å². The van der Waals surface area contributed by atoms with Gasteiger partial charge in [-0.15, -0.1) is 0 Å². The largest absolute Gasteiger partial charge is 0.392 e. The molecule has 2 aromatic rings. The molecule has 1 fully saturated rings. The Morgan fingerprint density at radius 1 is 1.42 bits per heavy atom. The first-order chi connectivity index (χ1) is 9.19. The van der Waals surface area contributed by atoms with Crippen LogP contribution in [0.1, 0.15) is 18.4 Å². The zero-order valence-electron chi connectivity index (χ0n) is 11.0. The number of rotatable bonds is 4. The van der Waals surface area contributed by atoms with Crippen LogP contribution >= 0.6 is 0 Å². The van der Waals surface area contributed by atoms with Gasteiger partial charge < -0.3 is 14.6 Å². The van der Waals surface area contributed by atoms with Gasteiger partial charge in [-0.3, -0.25) is 4.79 Å². The highest BCUT2D eigenvalue weighted by molar-refractivity contribution is 5.84. The molecule has 3 rings (SSSR count). The molecule has 0 atom stereocenters. The van der Waals surface area contributed by atoms with Gasteiger partial charge >= 0.3 is 0 Å². The summed E-state index contributed by atoms with van der Waals surface area (Å²) in [7, 11) is 1.88. The molecule has 0 radical (unpaired) electrons. The standard InChI is InChI=1S/C15H18N2O2/c1-16(13-4-5-13)15(19)9-17-7-6-12-3-2-11(10-18)8-14(12)17/h2-3,6-8,13,18H,4-5,9-10H2,1H3. The molecule has 1 heterocycles. The van der Waals surface area contributed by atoms with Crippen LogP contribution < -0.4 is 0 Å². The van der Waals surface area contributed by atoms with Crippen LogP contribution in [-0.2, 0) is 17.9 Å². The summed E-state index contributed by atoms with van der Waals surface area (Å²) >= 11 is 0. The molecule has 4 heteroatoms. The van der Waals surface area contributed by atoms with Gasteiger partial charge in [0, 0.05) is 24.8 Å². The Morgan fingerprint density at radius 3 is 2.89 bits per heavy atom. The summed E-state index contributed by atoms with van der Waals surface area (Å²) in [5, 5.41) is 10.3. The fourth-order valence-corrected chi connectivity index (χ4v) is 2.39. The lowest BCUT2D eigenvalue weighted by Crippen LogP contribution is -2.31. The van der Waals surface area contributed by atoms with Crippen LogP contribution in [0.3, 0.4) is 0 Å². The first-order valence-electron chi connectivity index (χ1n) is 6.63. The number of hydrogen-bond donors (Lipinski definition) is 1. The minimum atomic E-state index is 0.0248. The SMILES string of the molecule is CN(C(=O)Cn1ccc2ccc(CO)cc21)C1CC1. The van der Waals surface area contributed by atoms with Crippen LogP contribution in [-0.4, -0.2) is 33.6 Å². The van der Waals surface area contributed by atoms with Crippen LogP contribution in [0.4, 0.5) is 0 Å². The normalized spacial score (nSPS) is 14.8.